The van der Waals surface area contributed by atoms with Crippen LogP contribution in [-0.4, -0.2) is 34.9 Å². The highest BCUT2D eigenvalue weighted by Gasteiger charge is 2.49. The number of nitrogens with two attached hydrogens (primary N) is 1. The van der Waals surface area contributed by atoms with Gasteiger partial charge in [-0.1, -0.05) is 16.8 Å². The van der Waals surface area contributed by atoms with E-state index in [0.29, 0.717) is 27.6 Å². The van der Waals surface area contributed by atoms with Crippen LogP contribution in [0.2, 0.25) is 5.02 Å². The number of pyridine rings is 1. The standard InChI is InChI=1S/C19H19ClFN5O3S/c1-18(2)17(22)25-19(3,9-30(18,27)28)12-7-11(4-5-13(12)21)24-16-15-14(29-26-16)6-10(20)8-23-15/h4-8H,9H2,1-3H3,(H2,22,25)(H,24,26). The SMILES string of the molecule is CC1(c2cc(Nc3noc4cc(Cl)cnc34)ccc2F)CS(=O)(=O)C(C)(C)C(N)=N1. The summed E-state index contributed by atoms with van der Waals surface area (Å²) in [5.41, 5.74) is 5.97. The van der Waals surface area contributed by atoms with Crippen LogP contribution in [0.15, 0.2) is 40.0 Å². The second kappa shape index (κ2) is 6.64. The number of amidine groups is 1. The molecule has 0 fully saturated rings. The lowest BCUT2D eigenvalue weighted by Crippen LogP contribution is -2.54. The predicted molar refractivity (Wildman–Crippen MR) is 113 cm³/mol. The van der Waals surface area contributed by atoms with Gasteiger partial charge < -0.3 is 15.6 Å². The zero-order chi connectivity index (χ0) is 21.9. The molecule has 0 saturated carbocycles. The third-order valence-electron chi connectivity index (χ3n) is 5.32. The number of hydrogen-bond donors (Lipinski definition) is 2. The molecule has 1 aliphatic rings. The Morgan fingerprint density at radius 3 is 2.70 bits per heavy atom. The van der Waals surface area contributed by atoms with Gasteiger partial charge in [0.2, 0.25) is 5.82 Å². The number of rotatable bonds is 3. The Kier molecular flexibility index (Phi) is 4.55. The quantitative estimate of drug-likeness (QED) is 0.624. The topological polar surface area (TPSA) is 123 Å². The molecule has 11 heteroatoms. The average molecular weight is 452 g/mol. The summed E-state index contributed by atoms with van der Waals surface area (Å²) in [5.74, 6) is -0.715. The monoisotopic (exact) mass is 451 g/mol. The second-order valence-electron chi connectivity index (χ2n) is 7.89. The molecule has 3 aromatic rings. The lowest BCUT2D eigenvalue weighted by atomic mass is 9.92. The predicted octanol–water partition coefficient (Wildman–Crippen LogP) is 3.54. The highest BCUT2D eigenvalue weighted by Crippen LogP contribution is 2.39. The van der Waals surface area contributed by atoms with Gasteiger partial charge in [0, 0.05) is 23.5 Å². The Morgan fingerprint density at radius 1 is 1.27 bits per heavy atom. The lowest BCUT2D eigenvalue weighted by molar-refractivity contribution is 0.460. The Hall–Kier alpha value is -2.72. The highest BCUT2D eigenvalue weighted by atomic mass is 35.5. The number of nitrogens with zero attached hydrogens (tertiary/aromatic N) is 3. The maximum absolute atomic E-state index is 14.8. The van der Waals surface area contributed by atoms with Crippen LogP contribution < -0.4 is 11.1 Å². The summed E-state index contributed by atoms with van der Waals surface area (Å²) >= 11 is 5.90. The van der Waals surface area contributed by atoms with Gasteiger partial charge >= 0.3 is 0 Å². The van der Waals surface area contributed by atoms with Crippen LogP contribution >= 0.6 is 11.6 Å². The summed E-state index contributed by atoms with van der Waals surface area (Å²) in [4.78, 5) is 8.56. The Bertz CT molecular complexity index is 1300. The first kappa shape index (κ1) is 20.5. The van der Waals surface area contributed by atoms with Gasteiger partial charge in [0.1, 0.15) is 21.9 Å². The molecule has 2 aromatic heterocycles. The zero-order valence-corrected chi connectivity index (χ0v) is 18.0. The van der Waals surface area contributed by atoms with Crippen molar-refractivity contribution in [3.05, 3.63) is 46.9 Å². The molecule has 0 amide bonds. The molecule has 1 aliphatic heterocycles. The largest absolute Gasteiger partial charge is 0.386 e. The molecular weight excluding hydrogens is 433 g/mol. The van der Waals surface area contributed by atoms with Crippen molar-refractivity contribution in [3.8, 4) is 0 Å². The molecule has 3 N–H and O–H groups in total. The van der Waals surface area contributed by atoms with E-state index in [1.807, 2.05) is 0 Å². The van der Waals surface area contributed by atoms with Crippen molar-refractivity contribution in [3.63, 3.8) is 0 Å². The van der Waals surface area contributed by atoms with Crippen LogP contribution in [0.5, 0.6) is 0 Å². The number of aromatic nitrogens is 2. The lowest BCUT2D eigenvalue weighted by Gasteiger charge is -2.38. The van der Waals surface area contributed by atoms with Gasteiger partial charge in [-0.2, -0.15) is 0 Å². The van der Waals surface area contributed by atoms with Crippen molar-refractivity contribution >= 4 is 49.9 Å². The summed E-state index contributed by atoms with van der Waals surface area (Å²) in [5, 5.41) is 7.34. The number of fused-ring (bicyclic) bond motifs is 1. The van der Waals surface area contributed by atoms with E-state index in [0.717, 1.165) is 0 Å². The van der Waals surface area contributed by atoms with E-state index in [1.165, 1.54) is 38.2 Å². The number of aliphatic imine (C=N–C) groups is 1. The maximum Gasteiger partial charge on any atom is 0.200 e. The minimum Gasteiger partial charge on any atom is -0.386 e. The molecule has 0 spiro atoms. The van der Waals surface area contributed by atoms with E-state index in [9.17, 15) is 12.8 Å². The molecular formula is C19H19ClFN5O3S. The second-order valence-corrected chi connectivity index (χ2v) is 10.9. The van der Waals surface area contributed by atoms with Gasteiger partial charge in [0.25, 0.3) is 0 Å². The number of benzene rings is 1. The fraction of sp³-hybridized carbons (Fsp3) is 0.316. The average Bonchev–Trinajstić information content (AvgIpc) is 3.03. The fourth-order valence-electron chi connectivity index (χ4n) is 3.32. The summed E-state index contributed by atoms with van der Waals surface area (Å²) in [6.07, 6.45) is 1.45. The van der Waals surface area contributed by atoms with Gasteiger partial charge in [-0.25, -0.2) is 17.8 Å². The van der Waals surface area contributed by atoms with Crippen molar-refractivity contribution in [1.82, 2.24) is 10.1 Å². The maximum atomic E-state index is 14.8. The van der Waals surface area contributed by atoms with Crippen molar-refractivity contribution in [2.24, 2.45) is 10.7 Å². The van der Waals surface area contributed by atoms with E-state index in [4.69, 9.17) is 21.9 Å². The number of halogens is 2. The molecule has 30 heavy (non-hydrogen) atoms. The zero-order valence-electron chi connectivity index (χ0n) is 16.4. The van der Waals surface area contributed by atoms with Gasteiger partial charge in [0.15, 0.2) is 20.9 Å². The van der Waals surface area contributed by atoms with E-state index in [1.54, 1.807) is 13.0 Å². The Labute approximate surface area is 177 Å². The fourth-order valence-corrected chi connectivity index (χ4v) is 5.15. The van der Waals surface area contributed by atoms with E-state index >= 15 is 0 Å². The van der Waals surface area contributed by atoms with E-state index in [2.05, 4.69) is 20.4 Å². The molecule has 1 atom stereocenters. The van der Waals surface area contributed by atoms with Gasteiger partial charge in [0.05, 0.1) is 10.8 Å². The smallest absolute Gasteiger partial charge is 0.200 e. The van der Waals surface area contributed by atoms with Crippen LogP contribution in [0.1, 0.15) is 26.3 Å². The van der Waals surface area contributed by atoms with Crippen LogP contribution in [0.4, 0.5) is 15.9 Å². The molecule has 4 rings (SSSR count). The first-order valence-electron chi connectivity index (χ1n) is 8.99. The molecule has 8 nitrogen and oxygen atoms in total. The number of nitrogens with one attached hydrogen (secondary N) is 1. The number of sulfone groups is 1. The van der Waals surface area contributed by atoms with Crippen molar-refractivity contribution in [1.29, 1.82) is 0 Å². The first-order chi connectivity index (χ1) is 13.9. The van der Waals surface area contributed by atoms with Gasteiger partial charge in [-0.05, 0) is 39.0 Å². The normalized spacial score (nSPS) is 22.6. The van der Waals surface area contributed by atoms with Gasteiger partial charge in [-0.15, -0.1) is 0 Å². The third-order valence-corrected chi connectivity index (χ3v) is 8.23. The van der Waals surface area contributed by atoms with Crippen LogP contribution in [-0.2, 0) is 15.4 Å². The van der Waals surface area contributed by atoms with Crippen molar-refractivity contribution in [2.45, 2.75) is 31.1 Å². The molecule has 1 aromatic carbocycles. The van der Waals surface area contributed by atoms with E-state index in [-0.39, 0.29) is 17.2 Å². The summed E-state index contributed by atoms with van der Waals surface area (Å²) < 4.78 is 44.2. The first-order valence-corrected chi connectivity index (χ1v) is 11.0. The van der Waals surface area contributed by atoms with Crippen molar-refractivity contribution < 1.29 is 17.3 Å². The minimum atomic E-state index is -3.67. The third kappa shape index (κ3) is 3.20. The molecule has 0 bridgehead atoms. The molecule has 0 saturated heterocycles. The molecule has 1 unspecified atom stereocenters. The summed E-state index contributed by atoms with van der Waals surface area (Å²) in [6, 6.07) is 5.78. The van der Waals surface area contributed by atoms with Crippen LogP contribution in [0, 0.1) is 5.82 Å². The molecule has 158 valence electrons. The summed E-state index contributed by atoms with van der Waals surface area (Å²) in [7, 11) is -3.67. The van der Waals surface area contributed by atoms with Crippen LogP contribution in [0.25, 0.3) is 11.1 Å². The Morgan fingerprint density at radius 2 is 2.00 bits per heavy atom. The molecule has 0 radical (unpaired) electrons. The minimum absolute atomic E-state index is 0.0578. The van der Waals surface area contributed by atoms with Gasteiger partial charge in [-0.3, -0.25) is 4.99 Å². The van der Waals surface area contributed by atoms with E-state index < -0.39 is 25.9 Å². The molecule has 0 aliphatic carbocycles. The van der Waals surface area contributed by atoms with Crippen molar-refractivity contribution in [2.75, 3.05) is 11.1 Å². The summed E-state index contributed by atoms with van der Waals surface area (Å²) in [6.45, 7) is 4.53. The molecule has 3 heterocycles. The Balaban J connectivity index is 1.76. The number of anilines is 2. The number of hydrogen-bond acceptors (Lipinski definition) is 8. The highest BCUT2D eigenvalue weighted by molar-refractivity contribution is 7.93. The van der Waals surface area contributed by atoms with Crippen LogP contribution in [0.3, 0.4) is 0 Å².